The van der Waals surface area contributed by atoms with Crippen molar-refractivity contribution >= 4 is 17.4 Å². The molecule has 4 heteroatoms. The summed E-state index contributed by atoms with van der Waals surface area (Å²) >= 11 is 1.77. The molecule has 70 valence electrons. The van der Waals surface area contributed by atoms with E-state index in [1.54, 1.807) is 18.0 Å². The highest BCUT2D eigenvalue weighted by atomic mass is 32.2. The molecule has 0 saturated carbocycles. The number of aryl methyl sites for hydroxylation is 1. The summed E-state index contributed by atoms with van der Waals surface area (Å²) in [5.41, 5.74) is 7.49. The maximum atomic E-state index is 5.61. The zero-order valence-corrected chi connectivity index (χ0v) is 8.30. The third kappa shape index (κ3) is 1.95. The fraction of sp³-hybridized carbons (Fsp3) is 0.444. The Labute approximate surface area is 81.7 Å². The first-order chi connectivity index (χ1) is 6.25. The average molecular weight is 196 g/mol. The molecule has 3 nitrogen and oxygen atoms in total. The van der Waals surface area contributed by atoms with Crippen LogP contribution in [0.15, 0.2) is 17.3 Å². The van der Waals surface area contributed by atoms with Gasteiger partial charge in [0.15, 0.2) is 0 Å². The predicted molar refractivity (Wildman–Crippen MR) is 53.9 cm³/mol. The molecule has 1 aliphatic rings. The zero-order valence-electron chi connectivity index (χ0n) is 7.49. The summed E-state index contributed by atoms with van der Waals surface area (Å²) < 4.78 is 5.10. The SMILES string of the molecule is Cc1cc(N)cnc1SC1COC1. The van der Waals surface area contributed by atoms with Crippen LogP contribution >= 0.6 is 11.8 Å². The van der Waals surface area contributed by atoms with Crippen molar-refractivity contribution in [1.82, 2.24) is 4.98 Å². The summed E-state index contributed by atoms with van der Waals surface area (Å²) in [4.78, 5) is 4.28. The molecular formula is C9H12N2OS. The Morgan fingerprint density at radius 1 is 1.62 bits per heavy atom. The van der Waals surface area contributed by atoms with E-state index in [-0.39, 0.29) is 0 Å². The molecule has 1 aromatic heterocycles. The molecule has 1 aromatic rings. The van der Waals surface area contributed by atoms with Gasteiger partial charge < -0.3 is 10.5 Å². The van der Waals surface area contributed by atoms with Gasteiger partial charge in [-0.25, -0.2) is 4.98 Å². The second-order valence-corrected chi connectivity index (χ2v) is 4.46. The summed E-state index contributed by atoms with van der Waals surface area (Å²) in [5, 5.41) is 1.65. The number of ether oxygens (including phenoxy) is 1. The summed E-state index contributed by atoms with van der Waals surface area (Å²) in [6.45, 7) is 3.72. The Morgan fingerprint density at radius 2 is 2.38 bits per heavy atom. The Bertz CT molecular complexity index is 312. The maximum absolute atomic E-state index is 5.61. The molecule has 2 heterocycles. The summed E-state index contributed by atoms with van der Waals surface area (Å²) in [5.74, 6) is 0. The highest BCUT2D eigenvalue weighted by Gasteiger charge is 2.20. The van der Waals surface area contributed by atoms with Gasteiger partial charge in [0.2, 0.25) is 0 Å². The Kier molecular flexibility index (Phi) is 2.42. The lowest BCUT2D eigenvalue weighted by Gasteiger charge is -2.25. The Hall–Kier alpha value is -0.740. The van der Waals surface area contributed by atoms with Crippen LogP contribution in [0.5, 0.6) is 0 Å². The van der Waals surface area contributed by atoms with Gasteiger partial charge in [-0.15, -0.1) is 0 Å². The second-order valence-electron chi connectivity index (χ2n) is 3.17. The molecule has 0 spiro atoms. The van der Waals surface area contributed by atoms with Gasteiger partial charge in [-0.3, -0.25) is 0 Å². The third-order valence-corrected chi connectivity index (χ3v) is 3.19. The van der Waals surface area contributed by atoms with Crippen molar-refractivity contribution in [3.05, 3.63) is 17.8 Å². The Morgan fingerprint density at radius 3 is 2.92 bits per heavy atom. The van der Waals surface area contributed by atoms with Crippen LogP contribution in [0.2, 0.25) is 0 Å². The first-order valence-corrected chi connectivity index (χ1v) is 5.10. The predicted octanol–water partition coefficient (Wildman–Crippen LogP) is 1.46. The van der Waals surface area contributed by atoms with Crippen molar-refractivity contribution in [3.63, 3.8) is 0 Å². The number of hydrogen-bond donors (Lipinski definition) is 1. The number of nitrogens with two attached hydrogens (primary N) is 1. The minimum absolute atomic E-state index is 0.579. The van der Waals surface area contributed by atoms with E-state index < -0.39 is 0 Å². The van der Waals surface area contributed by atoms with Crippen molar-refractivity contribution < 1.29 is 4.74 Å². The quantitative estimate of drug-likeness (QED) is 0.778. The number of nitrogen functional groups attached to an aromatic ring is 1. The topological polar surface area (TPSA) is 48.1 Å². The number of pyridine rings is 1. The average Bonchev–Trinajstić information content (AvgIpc) is 1.99. The molecule has 1 fully saturated rings. The molecule has 2 N–H and O–H groups in total. The zero-order chi connectivity index (χ0) is 9.26. The van der Waals surface area contributed by atoms with Crippen LogP contribution < -0.4 is 5.73 Å². The molecule has 1 aliphatic heterocycles. The monoisotopic (exact) mass is 196 g/mol. The molecule has 0 aromatic carbocycles. The first-order valence-electron chi connectivity index (χ1n) is 4.22. The number of hydrogen-bond acceptors (Lipinski definition) is 4. The molecule has 0 bridgehead atoms. The van der Waals surface area contributed by atoms with E-state index in [9.17, 15) is 0 Å². The van der Waals surface area contributed by atoms with Crippen LogP contribution in [0, 0.1) is 6.92 Å². The molecule has 0 atom stereocenters. The lowest BCUT2D eigenvalue weighted by atomic mass is 10.3. The van der Waals surface area contributed by atoms with Gasteiger partial charge in [-0.1, -0.05) is 11.8 Å². The Balaban J connectivity index is 2.10. The van der Waals surface area contributed by atoms with E-state index in [4.69, 9.17) is 10.5 Å². The van der Waals surface area contributed by atoms with E-state index in [0.717, 1.165) is 29.5 Å². The van der Waals surface area contributed by atoms with Crippen LogP contribution in [0.25, 0.3) is 0 Å². The van der Waals surface area contributed by atoms with Crippen LogP contribution in [0.1, 0.15) is 5.56 Å². The maximum Gasteiger partial charge on any atom is 0.0995 e. The lowest BCUT2D eigenvalue weighted by molar-refractivity contribution is 0.0454. The van der Waals surface area contributed by atoms with Crippen LogP contribution in [-0.4, -0.2) is 23.4 Å². The highest BCUT2D eigenvalue weighted by Crippen LogP contribution is 2.29. The molecular weight excluding hydrogens is 184 g/mol. The van der Waals surface area contributed by atoms with E-state index in [2.05, 4.69) is 4.98 Å². The molecule has 0 radical (unpaired) electrons. The fourth-order valence-electron chi connectivity index (χ4n) is 1.15. The van der Waals surface area contributed by atoms with Crippen LogP contribution in [0.3, 0.4) is 0 Å². The van der Waals surface area contributed by atoms with Crippen LogP contribution in [-0.2, 0) is 4.74 Å². The smallest absolute Gasteiger partial charge is 0.0995 e. The number of thioether (sulfide) groups is 1. The largest absolute Gasteiger partial charge is 0.397 e. The molecule has 13 heavy (non-hydrogen) atoms. The summed E-state index contributed by atoms with van der Waals surface area (Å²) in [6.07, 6.45) is 1.70. The first kappa shape index (κ1) is 8.84. The molecule has 0 amide bonds. The van der Waals surface area contributed by atoms with Gasteiger partial charge in [0.25, 0.3) is 0 Å². The van der Waals surface area contributed by atoms with Gasteiger partial charge in [0, 0.05) is 0 Å². The molecule has 1 saturated heterocycles. The number of nitrogens with zero attached hydrogens (tertiary/aromatic N) is 1. The van der Waals surface area contributed by atoms with E-state index >= 15 is 0 Å². The minimum Gasteiger partial charge on any atom is -0.397 e. The highest BCUT2D eigenvalue weighted by molar-refractivity contribution is 8.00. The number of aromatic nitrogens is 1. The molecule has 0 unspecified atom stereocenters. The number of anilines is 1. The van der Waals surface area contributed by atoms with Gasteiger partial charge >= 0.3 is 0 Å². The van der Waals surface area contributed by atoms with Crippen molar-refractivity contribution in [1.29, 1.82) is 0 Å². The van der Waals surface area contributed by atoms with Crippen molar-refractivity contribution in [2.45, 2.75) is 17.2 Å². The van der Waals surface area contributed by atoms with Crippen LogP contribution in [0.4, 0.5) is 5.69 Å². The van der Waals surface area contributed by atoms with E-state index in [1.165, 1.54) is 0 Å². The number of rotatable bonds is 2. The third-order valence-electron chi connectivity index (χ3n) is 1.94. The van der Waals surface area contributed by atoms with Gasteiger partial charge in [0.05, 0.1) is 35.4 Å². The normalized spacial score (nSPS) is 17.0. The minimum atomic E-state index is 0.579. The molecule has 0 aliphatic carbocycles. The fourth-order valence-corrected chi connectivity index (χ4v) is 2.15. The standard InChI is InChI=1S/C9H12N2OS/c1-6-2-7(10)3-11-9(6)13-8-4-12-5-8/h2-3,8H,4-5,10H2,1H3. The molecule has 2 rings (SSSR count). The van der Waals surface area contributed by atoms with E-state index in [0.29, 0.717) is 5.25 Å². The summed E-state index contributed by atoms with van der Waals surface area (Å²) in [6, 6.07) is 1.95. The van der Waals surface area contributed by atoms with Gasteiger partial charge in [0.1, 0.15) is 0 Å². The van der Waals surface area contributed by atoms with Crippen molar-refractivity contribution in [3.8, 4) is 0 Å². The lowest BCUT2D eigenvalue weighted by Crippen LogP contribution is -2.30. The van der Waals surface area contributed by atoms with Crippen molar-refractivity contribution in [2.75, 3.05) is 18.9 Å². The van der Waals surface area contributed by atoms with E-state index in [1.807, 2.05) is 13.0 Å². The van der Waals surface area contributed by atoms with Gasteiger partial charge in [-0.05, 0) is 18.6 Å². The summed E-state index contributed by atoms with van der Waals surface area (Å²) in [7, 11) is 0. The van der Waals surface area contributed by atoms with Gasteiger partial charge in [-0.2, -0.15) is 0 Å². The van der Waals surface area contributed by atoms with Crippen molar-refractivity contribution in [2.24, 2.45) is 0 Å². The second kappa shape index (κ2) is 3.55.